The number of halogens is 1. The molecule has 0 unspecified atom stereocenters. The van der Waals surface area contributed by atoms with Crippen molar-refractivity contribution in [3.8, 4) is 11.4 Å². The zero-order valence-electron chi connectivity index (χ0n) is 13.8. The number of ether oxygens (including phenoxy) is 1. The summed E-state index contributed by atoms with van der Waals surface area (Å²) in [7, 11) is 0. The number of hydrogen-bond donors (Lipinski definition) is 0. The van der Waals surface area contributed by atoms with Crippen LogP contribution in [0.15, 0.2) is 42.6 Å². The second-order valence-electron chi connectivity index (χ2n) is 6.55. The molecule has 24 heavy (non-hydrogen) atoms. The molecular weight excluding hydrogens is 309 g/mol. The molecule has 0 saturated carbocycles. The number of fused-ring (bicyclic) bond motifs is 1. The molecule has 0 aliphatic rings. The van der Waals surface area contributed by atoms with Gasteiger partial charge in [0.25, 0.3) is 0 Å². The Morgan fingerprint density at radius 2 is 2.04 bits per heavy atom. The number of esters is 1. The van der Waals surface area contributed by atoms with Gasteiger partial charge in [0.15, 0.2) is 11.5 Å². The largest absolute Gasteiger partial charge is 0.460 e. The maximum Gasteiger partial charge on any atom is 0.310 e. The van der Waals surface area contributed by atoms with Gasteiger partial charge in [-0.25, -0.2) is 13.9 Å². The molecule has 0 radical (unpaired) electrons. The van der Waals surface area contributed by atoms with Crippen LogP contribution in [0.25, 0.3) is 17.0 Å². The molecule has 1 aromatic carbocycles. The van der Waals surface area contributed by atoms with Crippen molar-refractivity contribution < 1.29 is 13.9 Å². The van der Waals surface area contributed by atoms with Gasteiger partial charge in [0.2, 0.25) is 0 Å². The van der Waals surface area contributed by atoms with Gasteiger partial charge in [0.1, 0.15) is 11.4 Å². The van der Waals surface area contributed by atoms with Gasteiger partial charge >= 0.3 is 5.97 Å². The third-order valence-corrected chi connectivity index (χ3v) is 3.25. The first-order chi connectivity index (χ1) is 11.3. The van der Waals surface area contributed by atoms with E-state index in [2.05, 4.69) is 10.1 Å². The summed E-state index contributed by atoms with van der Waals surface area (Å²) in [4.78, 5) is 16.3. The van der Waals surface area contributed by atoms with E-state index in [1.165, 1.54) is 12.1 Å². The van der Waals surface area contributed by atoms with Crippen LogP contribution in [0.1, 0.15) is 26.3 Å². The van der Waals surface area contributed by atoms with Crippen LogP contribution < -0.4 is 0 Å². The van der Waals surface area contributed by atoms with Crippen molar-refractivity contribution in [2.24, 2.45) is 0 Å². The third kappa shape index (κ3) is 3.76. The number of carbonyl (C=O) groups is 1. The Hall–Kier alpha value is -2.76. The van der Waals surface area contributed by atoms with Gasteiger partial charge in [0.05, 0.1) is 6.42 Å². The molecule has 0 aliphatic heterocycles. The lowest BCUT2D eigenvalue weighted by atomic mass is 10.1. The first-order valence-electron chi connectivity index (χ1n) is 7.63. The van der Waals surface area contributed by atoms with Gasteiger partial charge in [-0.3, -0.25) is 4.79 Å². The number of pyridine rings is 1. The number of aromatic nitrogens is 3. The van der Waals surface area contributed by atoms with E-state index in [0.717, 1.165) is 5.56 Å². The van der Waals surface area contributed by atoms with Crippen molar-refractivity contribution in [1.82, 2.24) is 14.6 Å². The Bertz CT molecular complexity index is 897. The SMILES string of the molecule is CC(C)(C)OC(=O)Cc1ccn2nc(-c3cccc(F)c3)nc2c1. The Morgan fingerprint density at radius 1 is 1.25 bits per heavy atom. The van der Waals surface area contributed by atoms with Gasteiger partial charge in [-0.2, -0.15) is 0 Å². The first-order valence-corrected chi connectivity index (χ1v) is 7.63. The first kappa shape index (κ1) is 16.1. The Balaban J connectivity index is 1.85. The van der Waals surface area contributed by atoms with Crippen LogP contribution >= 0.6 is 0 Å². The summed E-state index contributed by atoms with van der Waals surface area (Å²) >= 11 is 0. The van der Waals surface area contributed by atoms with Crippen molar-refractivity contribution in [3.05, 3.63) is 54.0 Å². The molecule has 0 fully saturated rings. The number of hydrogen-bond acceptors (Lipinski definition) is 4. The minimum absolute atomic E-state index is 0.163. The smallest absolute Gasteiger partial charge is 0.310 e. The van der Waals surface area contributed by atoms with Crippen LogP contribution in [-0.2, 0) is 16.0 Å². The molecule has 6 heteroatoms. The number of benzene rings is 1. The van der Waals surface area contributed by atoms with Crippen LogP contribution in [0.4, 0.5) is 4.39 Å². The fourth-order valence-electron chi connectivity index (χ4n) is 2.33. The maximum absolute atomic E-state index is 13.3. The second kappa shape index (κ2) is 6.03. The Labute approximate surface area is 139 Å². The lowest BCUT2D eigenvalue weighted by Gasteiger charge is -2.19. The standard InChI is InChI=1S/C18H18FN3O2/c1-18(2,3)24-16(23)10-12-7-8-22-15(9-12)20-17(21-22)13-5-4-6-14(19)11-13/h4-9,11H,10H2,1-3H3. The average Bonchev–Trinajstić information content (AvgIpc) is 2.88. The molecule has 0 N–H and O–H groups in total. The van der Waals surface area contributed by atoms with Gasteiger partial charge < -0.3 is 4.74 Å². The monoisotopic (exact) mass is 327 g/mol. The summed E-state index contributed by atoms with van der Waals surface area (Å²) < 4.78 is 20.3. The fourth-order valence-corrected chi connectivity index (χ4v) is 2.33. The summed E-state index contributed by atoms with van der Waals surface area (Å²) in [5.41, 5.74) is 1.47. The summed E-state index contributed by atoms with van der Waals surface area (Å²) in [6, 6.07) is 9.69. The minimum Gasteiger partial charge on any atom is -0.460 e. The van der Waals surface area contributed by atoms with Gasteiger partial charge in [-0.05, 0) is 50.6 Å². The normalized spacial score (nSPS) is 11.7. The molecule has 3 rings (SSSR count). The lowest BCUT2D eigenvalue weighted by molar-refractivity contribution is -0.153. The zero-order chi connectivity index (χ0) is 17.3. The van der Waals surface area contributed by atoms with Crippen molar-refractivity contribution in [2.45, 2.75) is 32.8 Å². The maximum atomic E-state index is 13.3. The molecule has 0 bridgehead atoms. The minimum atomic E-state index is -0.513. The highest BCUT2D eigenvalue weighted by atomic mass is 19.1. The number of carbonyl (C=O) groups excluding carboxylic acids is 1. The van der Waals surface area contributed by atoms with E-state index >= 15 is 0 Å². The van der Waals surface area contributed by atoms with Crippen LogP contribution in [0.5, 0.6) is 0 Å². The van der Waals surface area contributed by atoms with Crippen molar-refractivity contribution in [2.75, 3.05) is 0 Å². The van der Waals surface area contributed by atoms with Crippen LogP contribution in [-0.4, -0.2) is 26.2 Å². The Kier molecular flexibility index (Phi) is 4.05. The molecule has 0 saturated heterocycles. The summed E-state index contributed by atoms with van der Waals surface area (Å²) in [5, 5.41) is 4.33. The average molecular weight is 327 g/mol. The van der Waals surface area contributed by atoms with Crippen LogP contribution in [0, 0.1) is 5.82 Å². The zero-order valence-corrected chi connectivity index (χ0v) is 13.8. The molecule has 124 valence electrons. The van der Waals surface area contributed by atoms with Crippen molar-refractivity contribution >= 4 is 11.6 Å². The van der Waals surface area contributed by atoms with E-state index in [9.17, 15) is 9.18 Å². The predicted molar refractivity (Wildman–Crippen MR) is 87.9 cm³/mol. The van der Waals surface area contributed by atoms with E-state index in [1.54, 1.807) is 35.0 Å². The molecule has 2 heterocycles. The molecule has 3 aromatic rings. The highest BCUT2D eigenvalue weighted by molar-refractivity contribution is 5.73. The third-order valence-electron chi connectivity index (χ3n) is 3.25. The van der Waals surface area contributed by atoms with Crippen molar-refractivity contribution in [3.63, 3.8) is 0 Å². The topological polar surface area (TPSA) is 56.5 Å². The number of nitrogens with zero attached hydrogens (tertiary/aromatic N) is 3. The molecule has 5 nitrogen and oxygen atoms in total. The van der Waals surface area contributed by atoms with Crippen molar-refractivity contribution in [1.29, 1.82) is 0 Å². The van der Waals surface area contributed by atoms with Gasteiger partial charge in [-0.1, -0.05) is 12.1 Å². The van der Waals surface area contributed by atoms with Gasteiger partial charge in [0, 0.05) is 11.8 Å². The molecule has 0 amide bonds. The fraction of sp³-hybridized carbons (Fsp3) is 0.278. The Morgan fingerprint density at radius 3 is 2.75 bits per heavy atom. The molecular formula is C18H18FN3O2. The molecule has 0 atom stereocenters. The summed E-state index contributed by atoms with van der Waals surface area (Å²) in [5.74, 6) is -0.197. The van der Waals surface area contributed by atoms with E-state index < -0.39 is 5.60 Å². The summed E-state index contributed by atoms with van der Waals surface area (Å²) in [6.45, 7) is 5.49. The van der Waals surface area contributed by atoms with E-state index in [-0.39, 0.29) is 18.2 Å². The predicted octanol–water partition coefficient (Wildman–Crippen LogP) is 3.42. The lowest BCUT2D eigenvalue weighted by Crippen LogP contribution is -2.24. The van der Waals surface area contributed by atoms with E-state index in [0.29, 0.717) is 17.0 Å². The molecule has 0 aliphatic carbocycles. The van der Waals surface area contributed by atoms with Crippen LogP contribution in [0.2, 0.25) is 0 Å². The highest BCUT2D eigenvalue weighted by Crippen LogP contribution is 2.18. The molecule has 2 aromatic heterocycles. The van der Waals surface area contributed by atoms with E-state index in [1.807, 2.05) is 20.8 Å². The highest BCUT2D eigenvalue weighted by Gasteiger charge is 2.17. The number of rotatable bonds is 3. The quantitative estimate of drug-likeness (QED) is 0.692. The summed E-state index contributed by atoms with van der Waals surface area (Å²) in [6.07, 6.45) is 1.89. The van der Waals surface area contributed by atoms with E-state index in [4.69, 9.17) is 4.74 Å². The van der Waals surface area contributed by atoms with Gasteiger partial charge in [-0.15, -0.1) is 5.10 Å². The van der Waals surface area contributed by atoms with Crippen LogP contribution in [0.3, 0.4) is 0 Å². The molecule has 0 spiro atoms. The second-order valence-corrected chi connectivity index (χ2v) is 6.55.